The van der Waals surface area contributed by atoms with E-state index in [0.717, 1.165) is 6.21 Å². The van der Waals surface area contributed by atoms with Gasteiger partial charge in [-0.2, -0.15) is 4.83 Å². The van der Waals surface area contributed by atoms with Gasteiger partial charge in [0.1, 0.15) is 0 Å². The van der Waals surface area contributed by atoms with E-state index in [2.05, 4.69) is 10.3 Å². The maximum Gasteiger partial charge on any atom is 0.224 e. The number of sulfonamides is 1. The standard InChI is InChI=1S/C5H13N3O2S/c1-3-11(9,10)8-7-5(2)4-6/h4-8H,3H2,1-2H3. The zero-order valence-electron chi connectivity index (χ0n) is 6.59. The fourth-order valence-corrected chi connectivity index (χ4v) is 0.806. The zero-order valence-corrected chi connectivity index (χ0v) is 7.40. The molecule has 0 saturated carbocycles. The second kappa shape index (κ2) is 4.42. The first kappa shape index (κ1) is 10.5. The molecule has 0 heterocycles. The molecule has 0 aromatic carbocycles. The highest BCUT2D eigenvalue weighted by Gasteiger charge is 2.05. The summed E-state index contributed by atoms with van der Waals surface area (Å²) in [7, 11) is -3.19. The van der Waals surface area contributed by atoms with Crippen molar-refractivity contribution in [1.82, 2.24) is 10.3 Å². The van der Waals surface area contributed by atoms with Gasteiger partial charge in [0.2, 0.25) is 10.0 Å². The summed E-state index contributed by atoms with van der Waals surface area (Å²) in [6.45, 7) is 3.21. The van der Waals surface area contributed by atoms with E-state index in [4.69, 9.17) is 5.41 Å². The summed E-state index contributed by atoms with van der Waals surface area (Å²) in [5, 5.41) is 6.75. The highest BCUT2D eigenvalue weighted by atomic mass is 32.2. The maximum absolute atomic E-state index is 10.8. The Morgan fingerprint density at radius 3 is 2.55 bits per heavy atom. The molecule has 0 aliphatic rings. The van der Waals surface area contributed by atoms with Crippen molar-refractivity contribution in [1.29, 1.82) is 5.41 Å². The molecule has 0 aliphatic carbocycles. The van der Waals surface area contributed by atoms with E-state index < -0.39 is 10.0 Å². The lowest BCUT2D eigenvalue weighted by Crippen LogP contribution is -2.44. The van der Waals surface area contributed by atoms with Crippen LogP contribution in [0, 0.1) is 5.41 Å². The summed E-state index contributed by atoms with van der Waals surface area (Å²) < 4.78 is 21.5. The summed E-state index contributed by atoms with van der Waals surface area (Å²) >= 11 is 0. The first-order chi connectivity index (χ1) is 5.02. The lowest BCUT2D eigenvalue weighted by atomic mass is 10.4. The third-order valence-electron chi connectivity index (χ3n) is 1.07. The highest BCUT2D eigenvalue weighted by molar-refractivity contribution is 7.89. The monoisotopic (exact) mass is 179 g/mol. The molecule has 6 heteroatoms. The van der Waals surface area contributed by atoms with Gasteiger partial charge in [0.05, 0.1) is 11.8 Å². The van der Waals surface area contributed by atoms with E-state index in [0.29, 0.717) is 0 Å². The van der Waals surface area contributed by atoms with Gasteiger partial charge in [-0.25, -0.2) is 13.8 Å². The molecule has 11 heavy (non-hydrogen) atoms. The molecular formula is C5H13N3O2S. The molecule has 5 nitrogen and oxygen atoms in total. The molecule has 1 atom stereocenters. The lowest BCUT2D eigenvalue weighted by Gasteiger charge is -2.08. The van der Waals surface area contributed by atoms with E-state index in [1.165, 1.54) is 0 Å². The molecule has 0 fully saturated rings. The van der Waals surface area contributed by atoms with Crippen molar-refractivity contribution in [3.8, 4) is 0 Å². The Labute approximate surface area is 66.7 Å². The minimum atomic E-state index is -3.19. The number of hydrogen-bond acceptors (Lipinski definition) is 4. The molecule has 0 bridgehead atoms. The Morgan fingerprint density at radius 2 is 2.18 bits per heavy atom. The predicted octanol–water partition coefficient (Wildman–Crippen LogP) is -0.532. The summed E-state index contributed by atoms with van der Waals surface area (Å²) in [5.41, 5.74) is 2.44. The molecule has 0 amide bonds. The quantitative estimate of drug-likeness (QED) is 0.392. The SMILES string of the molecule is CCS(=O)(=O)NNC(C)C=N. The van der Waals surface area contributed by atoms with Crippen molar-refractivity contribution < 1.29 is 8.42 Å². The topological polar surface area (TPSA) is 82.1 Å². The van der Waals surface area contributed by atoms with Gasteiger partial charge in [-0.15, -0.1) is 0 Å². The lowest BCUT2D eigenvalue weighted by molar-refractivity contribution is 0.550. The van der Waals surface area contributed by atoms with Gasteiger partial charge in [0.15, 0.2) is 0 Å². The Bertz CT molecular complexity index is 212. The van der Waals surface area contributed by atoms with E-state index in [9.17, 15) is 8.42 Å². The maximum atomic E-state index is 10.8. The fraction of sp³-hybridized carbons (Fsp3) is 0.800. The van der Waals surface area contributed by atoms with Crippen LogP contribution in [0.2, 0.25) is 0 Å². The first-order valence-electron chi connectivity index (χ1n) is 3.27. The van der Waals surface area contributed by atoms with Gasteiger partial charge < -0.3 is 5.41 Å². The van der Waals surface area contributed by atoms with Crippen LogP contribution in [0.3, 0.4) is 0 Å². The second-order valence-electron chi connectivity index (χ2n) is 2.11. The largest absolute Gasteiger partial charge is 0.311 e. The van der Waals surface area contributed by atoms with Gasteiger partial charge in [0, 0.05) is 6.21 Å². The van der Waals surface area contributed by atoms with E-state index >= 15 is 0 Å². The van der Waals surface area contributed by atoms with Crippen LogP contribution >= 0.6 is 0 Å². The van der Waals surface area contributed by atoms with Crippen molar-refractivity contribution in [2.75, 3.05) is 5.75 Å². The number of nitrogens with one attached hydrogen (secondary N) is 3. The Morgan fingerprint density at radius 1 is 1.64 bits per heavy atom. The van der Waals surface area contributed by atoms with Gasteiger partial charge in [-0.05, 0) is 13.8 Å². The average molecular weight is 179 g/mol. The van der Waals surface area contributed by atoms with Gasteiger partial charge >= 0.3 is 0 Å². The van der Waals surface area contributed by atoms with Crippen LogP contribution in [0.4, 0.5) is 0 Å². The Hall–Kier alpha value is -0.460. The fourth-order valence-electron chi connectivity index (χ4n) is 0.297. The van der Waals surface area contributed by atoms with Crippen LogP contribution in [-0.2, 0) is 10.0 Å². The van der Waals surface area contributed by atoms with Crippen molar-refractivity contribution in [3.63, 3.8) is 0 Å². The minimum Gasteiger partial charge on any atom is -0.311 e. The molecule has 0 aliphatic heterocycles. The van der Waals surface area contributed by atoms with Gasteiger partial charge in [-0.1, -0.05) is 0 Å². The van der Waals surface area contributed by atoms with Crippen LogP contribution in [-0.4, -0.2) is 26.4 Å². The first-order valence-corrected chi connectivity index (χ1v) is 4.92. The summed E-state index contributed by atoms with van der Waals surface area (Å²) in [5.74, 6) is 0.0325. The molecule has 0 rings (SSSR count). The van der Waals surface area contributed by atoms with E-state index in [1.54, 1.807) is 13.8 Å². The third-order valence-corrected chi connectivity index (χ3v) is 2.26. The van der Waals surface area contributed by atoms with E-state index in [1.807, 2.05) is 0 Å². The summed E-state index contributed by atoms with van der Waals surface area (Å²) in [6.07, 6.45) is 1.11. The second-order valence-corrected chi connectivity index (χ2v) is 4.12. The van der Waals surface area contributed by atoms with E-state index in [-0.39, 0.29) is 11.8 Å². The molecular weight excluding hydrogens is 166 g/mol. The van der Waals surface area contributed by atoms with Crippen molar-refractivity contribution in [3.05, 3.63) is 0 Å². The highest BCUT2D eigenvalue weighted by Crippen LogP contribution is 1.79. The molecule has 1 unspecified atom stereocenters. The smallest absolute Gasteiger partial charge is 0.224 e. The predicted molar refractivity (Wildman–Crippen MR) is 44.0 cm³/mol. The average Bonchev–Trinajstić information content (AvgIpc) is 2.00. The molecule has 0 aromatic heterocycles. The number of hydrazine groups is 1. The molecule has 0 spiro atoms. The van der Waals surface area contributed by atoms with Crippen molar-refractivity contribution in [2.45, 2.75) is 19.9 Å². The third kappa shape index (κ3) is 4.88. The molecule has 66 valence electrons. The van der Waals surface area contributed by atoms with Gasteiger partial charge in [-0.3, -0.25) is 0 Å². The number of rotatable bonds is 5. The molecule has 0 radical (unpaired) electrons. The van der Waals surface area contributed by atoms with Gasteiger partial charge in [0.25, 0.3) is 0 Å². The Balaban J connectivity index is 3.80. The van der Waals surface area contributed by atoms with Crippen LogP contribution < -0.4 is 10.3 Å². The minimum absolute atomic E-state index is 0.0325. The van der Waals surface area contributed by atoms with Crippen LogP contribution in [0.1, 0.15) is 13.8 Å². The number of hydrogen-bond donors (Lipinski definition) is 3. The van der Waals surface area contributed by atoms with Crippen LogP contribution in [0.25, 0.3) is 0 Å². The van der Waals surface area contributed by atoms with Crippen LogP contribution in [0.5, 0.6) is 0 Å². The summed E-state index contributed by atoms with van der Waals surface area (Å²) in [4.78, 5) is 2.13. The zero-order chi connectivity index (χ0) is 8.91. The molecule has 0 aromatic rings. The molecule has 3 N–H and O–H groups in total. The van der Waals surface area contributed by atoms with Crippen molar-refractivity contribution >= 4 is 16.2 Å². The summed E-state index contributed by atoms with van der Waals surface area (Å²) in [6, 6.07) is -0.281. The molecule has 0 saturated heterocycles. The normalized spacial score (nSPS) is 14.4. The van der Waals surface area contributed by atoms with Crippen LogP contribution in [0.15, 0.2) is 0 Å². The Kier molecular flexibility index (Phi) is 4.24. The van der Waals surface area contributed by atoms with Crippen molar-refractivity contribution in [2.24, 2.45) is 0 Å².